The largest absolute Gasteiger partial charge is 0.466 e. The Balaban J connectivity index is 1.61. The minimum Gasteiger partial charge on any atom is -0.466 e. The summed E-state index contributed by atoms with van der Waals surface area (Å²) in [6.45, 7) is 15.0. The summed E-state index contributed by atoms with van der Waals surface area (Å²) in [5, 5.41) is 17.5. The van der Waals surface area contributed by atoms with Gasteiger partial charge >= 0.3 is 0 Å². The molecule has 0 radical (unpaired) electrons. The van der Waals surface area contributed by atoms with Gasteiger partial charge in [-0.15, -0.1) is 0 Å². The number of aliphatic hydroxyl groups is 1. The lowest BCUT2D eigenvalue weighted by Crippen LogP contribution is -2.44. The third-order valence-electron chi connectivity index (χ3n) is 5.71. The number of aryl methyl sites for hydroxylation is 2. The van der Waals surface area contributed by atoms with E-state index in [9.17, 15) is 5.11 Å². The maximum Gasteiger partial charge on any atom is 0.191 e. The van der Waals surface area contributed by atoms with Gasteiger partial charge in [-0.3, -0.25) is 4.90 Å². The Bertz CT molecular complexity index is 906. The smallest absolute Gasteiger partial charge is 0.191 e. The zero-order valence-corrected chi connectivity index (χ0v) is 20.1. The number of ether oxygens (including phenoxy) is 1. The number of benzene rings is 1. The van der Waals surface area contributed by atoms with Crippen LogP contribution in [-0.4, -0.2) is 54.9 Å². The van der Waals surface area contributed by atoms with E-state index in [0.29, 0.717) is 19.0 Å². The first kappa shape index (κ1) is 24.3. The van der Waals surface area contributed by atoms with E-state index in [-0.39, 0.29) is 6.10 Å². The fraction of sp³-hybridized carbons (Fsp3) is 0.560. The van der Waals surface area contributed by atoms with Crippen molar-refractivity contribution in [1.82, 2.24) is 15.5 Å². The maximum absolute atomic E-state index is 11.0. The normalized spacial score (nSPS) is 19.6. The standard InChI is InChI=1S/C25H38N4O3/c1-6-26-24(28-17-25(5,30)23-12-18(2)32-20(23)4)27-14-21-8-7-9-22(13-21)16-29-10-11-31-19(3)15-29/h7-9,12-13,19,30H,6,10-11,14-17H2,1-5H3,(H2,26,27,28). The summed E-state index contributed by atoms with van der Waals surface area (Å²) in [5.41, 5.74) is 2.18. The zero-order valence-electron chi connectivity index (χ0n) is 20.1. The average molecular weight is 443 g/mol. The van der Waals surface area contributed by atoms with Crippen molar-refractivity contribution in [3.8, 4) is 0 Å². The van der Waals surface area contributed by atoms with Crippen LogP contribution in [0.15, 0.2) is 39.7 Å². The Hall–Kier alpha value is -2.35. The molecule has 2 atom stereocenters. The number of guanidine groups is 1. The third kappa shape index (κ3) is 6.82. The Labute approximate surface area is 191 Å². The van der Waals surface area contributed by atoms with Gasteiger partial charge in [0.25, 0.3) is 0 Å². The van der Waals surface area contributed by atoms with Crippen LogP contribution in [0.3, 0.4) is 0 Å². The van der Waals surface area contributed by atoms with Gasteiger partial charge in [0.05, 0.1) is 25.8 Å². The summed E-state index contributed by atoms with van der Waals surface area (Å²) >= 11 is 0. The molecule has 32 heavy (non-hydrogen) atoms. The van der Waals surface area contributed by atoms with Crippen molar-refractivity contribution < 1.29 is 14.3 Å². The van der Waals surface area contributed by atoms with E-state index in [4.69, 9.17) is 14.1 Å². The van der Waals surface area contributed by atoms with Crippen LogP contribution in [0, 0.1) is 13.8 Å². The van der Waals surface area contributed by atoms with E-state index in [1.165, 1.54) is 5.56 Å². The highest BCUT2D eigenvalue weighted by Gasteiger charge is 2.28. The van der Waals surface area contributed by atoms with Gasteiger partial charge in [-0.1, -0.05) is 24.3 Å². The molecule has 0 saturated carbocycles. The Kier molecular flexibility index (Phi) is 8.34. The Morgan fingerprint density at radius 2 is 2.03 bits per heavy atom. The van der Waals surface area contributed by atoms with E-state index >= 15 is 0 Å². The molecule has 1 fully saturated rings. The molecule has 7 heteroatoms. The molecular formula is C25H38N4O3. The first-order chi connectivity index (χ1) is 15.3. The van der Waals surface area contributed by atoms with Crippen molar-refractivity contribution in [2.45, 2.75) is 59.4 Å². The van der Waals surface area contributed by atoms with Crippen molar-refractivity contribution in [3.63, 3.8) is 0 Å². The molecule has 0 amide bonds. The predicted octanol–water partition coefficient (Wildman–Crippen LogP) is 3.08. The van der Waals surface area contributed by atoms with Crippen LogP contribution in [0.4, 0.5) is 0 Å². The monoisotopic (exact) mass is 442 g/mol. The minimum atomic E-state index is -1.06. The Morgan fingerprint density at radius 1 is 1.25 bits per heavy atom. The van der Waals surface area contributed by atoms with Gasteiger partial charge in [0, 0.05) is 31.7 Å². The van der Waals surface area contributed by atoms with E-state index in [1.54, 1.807) is 6.92 Å². The number of nitrogens with one attached hydrogen (secondary N) is 2. The molecule has 1 aromatic carbocycles. The number of morpholine rings is 1. The van der Waals surface area contributed by atoms with Crippen LogP contribution >= 0.6 is 0 Å². The molecule has 0 aliphatic carbocycles. The highest BCUT2D eigenvalue weighted by molar-refractivity contribution is 5.79. The molecule has 3 N–H and O–H groups in total. The highest BCUT2D eigenvalue weighted by Crippen LogP contribution is 2.26. The molecule has 1 aliphatic heterocycles. The SMILES string of the molecule is CCNC(=NCc1cccc(CN2CCOC(C)C2)c1)NCC(C)(O)c1cc(C)oc1C. The molecule has 2 aromatic rings. The molecule has 176 valence electrons. The van der Waals surface area contributed by atoms with Crippen molar-refractivity contribution in [3.05, 3.63) is 58.5 Å². The van der Waals surface area contributed by atoms with Gasteiger partial charge in [0.1, 0.15) is 17.1 Å². The molecular weight excluding hydrogens is 404 g/mol. The van der Waals surface area contributed by atoms with E-state index < -0.39 is 5.60 Å². The number of hydrogen-bond donors (Lipinski definition) is 3. The van der Waals surface area contributed by atoms with Crippen molar-refractivity contribution in [2.75, 3.05) is 32.8 Å². The molecule has 2 unspecified atom stereocenters. The lowest BCUT2D eigenvalue weighted by Gasteiger charge is -2.31. The highest BCUT2D eigenvalue weighted by atomic mass is 16.5. The second-order valence-corrected chi connectivity index (χ2v) is 8.89. The molecule has 2 heterocycles. The predicted molar refractivity (Wildman–Crippen MR) is 128 cm³/mol. The number of furan rings is 1. The lowest BCUT2D eigenvalue weighted by atomic mass is 9.96. The van der Waals surface area contributed by atoms with Crippen LogP contribution in [0.5, 0.6) is 0 Å². The quantitative estimate of drug-likeness (QED) is 0.431. The summed E-state index contributed by atoms with van der Waals surface area (Å²) in [5.74, 6) is 2.21. The zero-order chi connectivity index (χ0) is 23.1. The summed E-state index contributed by atoms with van der Waals surface area (Å²) in [6, 6.07) is 10.5. The minimum absolute atomic E-state index is 0.289. The fourth-order valence-electron chi connectivity index (χ4n) is 4.15. The van der Waals surface area contributed by atoms with Gasteiger partial charge in [-0.2, -0.15) is 0 Å². The topological polar surface area (TPSA) is 82.3 Å². The van der Waals surface area contributed by atoms with Crippen LogP contribution in [0.1, 0.15) is 49.0 Å². The van der Waals surface area contributed by atoms with Gasteiger partial charge < -0.3 is 24.9 Å². The summed E-state index contributed by atoms with van der Waals surface area (Å²) in [4.78, 5) is 7.17. The van der Waals surface area contributed by atoms with Gasteiger partial charge in [-0.05, 0) is 51.8 Å². The van der Waals surface area contributed by atoms with Crippen molar-refractivity contribution >= 4 is 5.96 Å². The van der Waals surface area contributed by atoms with Crippen LogP contribution in [-0.2, 0) is 23.4 Å². The van der Waals surface area contributed by atoms with Crippen LogP contribution in [0.25, 0.3) is 0 Å². The van der Waals surface area contributed by atoms with E-state index in [2.05, 4.69) is 46.7 Å². The number of nitrogens with zero attached hydrogens (tertiary/aromatic N) is 2. The molecule has 1 aromatic heterocycles. The van der Waals surface area contributed by atoms with E-state index in [0.717, 1.165) is 55.4 Å². The first-order valence-electron chi connectivity index (χ1n) is 11.5. The van der Waals surface area contributed by atoms with Crippen LogP contribution < -0.4 is 10.6 Å². The van der Waals surface area contributed by atoms with Crippen molar-refractivity contribution in [1.29, 1.82) is 0 Å². The summed E-state index contributed by atoms with van der Waals surface area (Å²) in [6.07, 6.45) is 0.289. The summed E-state index contributed by atoms with van der Waals surface area (Å²) < 4.78 is 11.2. The van der Waals surface area contributed by atoms with Gasteiger partial charge in [0.15, 0.2) is 5.96 Å². The number of aliphatic imine (C=N–C) groups is 1. The van der Waals surface area contributed by atoms with Gasteiger partial charge in [-0.25, -0.2) is 4.99 Å². The molecule has 0 spiro atoms. The lowest BCUT2D eigenvalue weighted by molar-refractivity contribution is -0.0212. The fourth-order valence-corrected chi connectivity index (χ4v) is 4.15. The number of rotatable bonds is 8. The van der Waals surface area contributed by atoms with Gasteiger partial charge in [0.2, 0.25) is 0 Å². The Morgan fingerprint density at radius 3 is 2.72 bits per heavy atom. The summed E-state index contributed by atoms with van der Waals surface area (Å²) in [7, 11) is 0. The van der Waals surface area contributed by atoms with Crippen molar-refractivity contribution in [2.24, 2.45) is 4.99 Å². The average Bonchev–Trinajstić information content (AvgIpc) is 3.09. The molecule has 1 aliphatic rings. The second-order valence-electron chi connectivity index (χ2n) is 8.89. The molecule has 3 rings (SSSR count). The maximum atomic E-state index is 11.0. The molecule has 0 bridgehead atoms. The van der Waals surface area contributed by atoms with Crippen LogP contribution in [0.2, 0.25) is 0 Å². The van der Waals surface area contributed by atoms with E-state index in [1.807, 2.05) is 26.8 Å². The first-order valence-corrected chi connectivity index (χ1v) is 11.5. The molecule has 1 saturated heterocycles. The second kappa shape index (κ2) is 11.0. The number of hydrogen-bond acceptors (Lipinski definition) is 5. The third-order valence-corrected chi connectivity index (χ3v) is 5.71. The molecule has 7 nitrogen and oxygen atoms in total.